The molecule has 0 aromatic heterocycles. The molecular weight excluding hydrogens is 659 g/mol. The summed E-state index contributed by atoms with van der Waals surface area (Å²) in [5, 5.41) is 0.666. The van der Waals surface area contributed by atoms with Crippen LogP contribution in [0.15, 0.2) is 60.7 Å². The molecule has 0 radical (unpaired) electrons. The molecule has 1 heterocycles. The fourth-order valence-corrected chi connectivity index (χ4v) is 5.86. The zero-order chi connectivity index (χ0) is 33.3. The SMILES string of the molecule is Cc1c(/C=C/c2cc(OCCOCCBr)c(CN3CCCC[C@H]3C(=O)OC(C)(C)C)cc2C(F)(F)F)cccc1-c1ccccc1. The van der Waals surface area contributed by atoms with Gasteiger partial charge in [0.15, 0.2) is 0 Å². The molecule has 0 amide bonds. The van der Waals surface area contributed by atoms with E-state index in [4.69, 9.17) is 14.2 Å². The lowest BCUT2D eigenvalue weighted by molar-refractivity contribution is -0.163. The summed E-state index contributed by atoms with van der Waals surface area (Å²) in [5.74, 6) is -0.0279. The Balaban J connectivity index is 1.71. The van der Waals surface area contributed by atoms with Crippen LogP contribution in [0.4, 0.5) is 13.2 Å². The van der Waals surface area contributed by atoms with Crippen LogP contribution in [0.1, 0.15) is 67.9 Å². The number of rotatable bonds is 12. The Bertz CT molecular complexity index is 1480. The summed E-state index contributed by atoms with van der Waals surface area (Å²) in [6.07, 6.45) is 0.876. The first-order valence-corrected chi connectivity index (χ1v) is 16.8. The fraction of sp³-hybridized carbons (Fsp3) is 0.432. The molecule has 0 bridgehead atoms. The number of alkyl halides is 4. The van der Waals surface area contributed by atoms with E-state index >= 15 is 0 Å². The van der Waals surface area contributed by atoms with E-state index in [1.54, 1.807) is 6.08 Å². The normalized spacial score (nSPS) is 16.1. The third-order valence-corrected chi connectivity index (χ3v) is 8.14. The van der Waals surface area contributed by atoms with E-state index in [1.165, 1.54) is 18.2 Å². The Morgan fingerprint density at radius 3 is 2.39 bits per heavy atom. The minimum absolute atomic E-state index is 0.000484. The van der Waals surface area contributed by atoms with Gasteiger partial charge in [-0.3, -0.25) is 9.69 Å². The van der Waals surface area contributed by atoms with Crippen LogP contribution in [0, 0.1) is 6.92 Å². The average molecular weight is 703 g/mol. The zero-order valence-electron chi connectivity index (χ0n) is 27.0. The van der Waals surface area contributed by atoms with Gasteiger partial charge in [-0.15, -0.1) is 0 Å². The molecule has 5 nitrogen and oxygen atoms in total. The van der Waals surface area contributed by atoms with E-state index in [-0.39, 0.29) is 31.3 Å². The van der Waals surface area contributed by atoms with E-state index in [2.05, 4.69) is 15.9 Å². The summed E-state index contributed by atoms with van der Waals surface area (Å²) in [7, 11) is 0. The van der Waals surface area contributed by atoms with E-state index in [9.17, 15) is 18.0 Å². The van der Waals surface area contributed by atoms with E-state index in [0.29, 0.717) is 36.2 Å². The molecule has 9 heteroatoms. The molecule has 0 spiro atoms. The number of ether oxygens (including phenoxy) is 3. The van der Waals surface area contributed by atoms with Gasteiger partial charge in [0.2, 0.25) is 0 Å². The van der Waals surface area contributed by atoms with Crippen LogP contribution in [-0.2, 0) is 27.0 Å². The van der Waals surface area contributed by atoms with Crippen molar-refractivity contribution < 1.29 is 32.2 Å². The van der Waals surface area contributed by atoms with Crippen molar-refractivity contribution in [3.63, 3.8) is 0 Å². The molecule has 0 unspecified atom stereocenters. The summed E-state index contributed by atoms with van der Waals surface area (Å²) in [4.78, 5) is 15.0. The number of nitrogens with zero attached hydrogens (tertiary/aromatic N) is 1. The molecule has 0 saturated carbocycles. The number of piperidine rings is 1. The van der Waals surface area contributed by atoms with Gasteiger partial charge in [-0.25, -0.2) is 0 Å². The molecule has 1 aliphatic heterocycles. The molecule has 1 atom stereocenters. The van der Waals surface area contributed by atoms with Crippen molar-refractivity contribution in [2.75, 3.05) is 31.7 Å². The van der Waals surface area contributed by atoms with Gasteiger partial charge in [0.25, 0.3) is 0 Å². The predicted molar refractivity (Wildman–Crippen MR) is 181 cm³/mol. The number of carbonyl (C=O) groups excluding carboxylic acids is 1. The average Bonchev–Trinajstić information content (AvgIpc) is 3.00. The van der Waals surface area contributed by atoms with E-state index in [1.807, 2.05) is 81.1 Å². The predicted octanol–water partition coefficient (Wildman–Crippen LogP) is 9.34. The van der Waals surface area contributed by atoms with Crippen molar-refractivity contribution >= 4 is 34.1 Å². The topological polar surface area (TPSA) is 48.0 Å². The van der Waals surface area contributed by atoms with Gasteiger partial charge in [-0.2, -0.15) is 13.2 Å². The maximum Gasteiger partial charge on any atom is 0.417 e. The number of benzene rings is 3. The lowest BCUT2D eigenvalue weighted by Crippen LogP contribution is -2.46. The number of carbonyl (C=O) groups is 1. The number of likely N-dealkylation sites (tertiary alicyclic amines) is 1. The van der Waals surface area contributed by atoms with Crippen molar-refractivity contribution in [1.82, 2.24) is 4.90 Å². The third kappa shape index (κ3) is 9.93. The Morgan fingerprint density at radius 2 is 1.70 bits per heavy atom. The number of esters is 1. The second kappa shape index (κ2) is 16.1. The summed E-state index contributed by atoms with van der Waals surface area (Å²) in [6, 6.07) is 17.8. The molecular formula is C37H43BrF3NO4. The monoisotopic (exact) mass is 701 g/mol. The first-order chi connectivity index (χ1) is 21.9. The number of hydrogen-bond acceptors (Lipinski definition) is 5. The van der Waals surface area contributed by atoms with Crippen LogP contribution in [0.2, 0.25) is 0 Å². The van der Waals surface area contributed by atoms with Crippen LogP contribution < -0.4 is 4.74 Å². The van der Waals surface area contributed by atoms with Crippen LogP contribution >= 0.6 is 15.9 Å². The van der Waals surface area contributed by atoms with E-state index < -0.39 is 23.4 Å². The van der Waals surface area contributed by atoms with Gasteiger partial charge in [0.1, 0.15) is 24.0 Å². The Morgan fingerprint density at radius 1 is 0.957 bits per heavy atom. The molecule has 248 valence electrons. The summed E-state index contributed by atoms with van der Waals surface area (Å²) < 4.78 is 61.2. The first-order valence-electron chi connectivity index (χ1n) is 15.7. The minimum atomic E-state index is -4.61. The molecule has 0 aliphatic carbocycles. The smallest absolute Gasteiger partial charge is 0.417 e. The van der Waals surface area contributed by atoms with Crippen LogP contribution in [0.5, 0.6) is 5.75 Å². The summed E-state index contributed by atoms with van der Waals surface area (Å²) >= 11 is 3.32. The lowest BCUT2D eigenvalue weighted by atomic mass is 9.95. The third-order valence-electron chi connectivity index (χ3n) is 7.81. The van der Waals surface area contributed by atoms with E-state index in [0.717, 1.165) is 35.1 Å². The maximum absolute atomic E-state index is 14.6. The van der Waals surface area contributed by atoms with Gasteiger partial charge >= 0.3 is 12.1 Å². The van der Waals surface area contributed by atoms with Crippen molar-refractivity contribution in [1.29, 1.82) is 0 Å². The molecule has 3 aromatic rings. The zero-order valence-corrected chi connectivity index (χ0v) is 28.5. The maximum atomic E-state index is 14.6. The lowest BCUT2D eigenvalue weighted by Gasteiger charge is -2.36. The number of hydrogen-bond donors (Lipinski definition) is 0. The highest BCUT2D eigenvalue weighted by molar-refractivity contribution is 9.09. The van der Waals surface area contributed by atoms with Crippen LogP contribution in [0.25, 0.3) is 23.3 Å². The standard InChI is InChI=1S/C37H43BrF3NO4/c1-26-27(13-10-14-31(26)28-11-6-5-7-12-28)16-17-29-24-34(45-22-21-44-20-18-38)30(23-32(29)37(39,40)41)25-42-19-9-8-15-33(42)35(43)46-36(2,3)4/h5-7,10-14,16-17,23-24,33H,8-9,15,18-22,25H2,1-4H3/b17-16+/t33-/m0/s1. The van der Waals surface area contributed by atoms with Crippen molar-refractivity contribution in [2.45, 2.75) is 71.3 Å². The second-order valence-corrected chi connectivity index (χ2v) is 13.2. The molecule has 4 rings (SSSR count). The van der Waals surface area contributed by atoms with Crippen LogP contribution in [0.3, 0.4) is 0 Å². The highest BCUT2D eigenvalue weighted by Gasteiger charge is 2.36. The van der Waals surface area contributed by atoms with Gasteiger partial charge in [-0.05, 0) is 87.0 Å². The fourth-order valence-electron chi connectivity index (χ4n) is 5.63. The van der Waals surface area contributed by atoms with Crippen LogP contribution in [-0.4, -0.2) is 54.2 Å². The largest absolute Gasteiger partial charge is 0.491 e. The van der Waals surface area contributed by atoms with Gasteiger partial charge in [0.05, 0.1) is 18.8 Å². The Hall–Kier alpha value is -3.14. The quantitative estimate of drug-likeness (QED) is 0.0815. The van der Waals surface area contributed by atoms with Crippen molar-refractivity contribution in [2.24, 2.45) is 0 Å². The van der Waals surface area contributed by atoms with Gasteiger partial charge in [0, 0.05) is 17.4 Å². The van der Waals surface area contributed by atoms with Crippen molar-refractivity contribution in [3.05, 3.63) is 88.5 Å². The Kier molecular flexibility index (Phi) is 12.5. The molecule has 46 heavy (non-hydrogen) atoms. The van der Waals surface area contributed by atoms with Crippen molar-refractivity contribution in [3.8, 4) is 16.9 Å². The molecule has 3 aromatic carbocycles. The Labute approximate surface area is 278 Å². The van der Waals surface area contributed by atoms with Gasteiger partial charge < -0.3 is 14.2 Å². The molecule has 1 saturated heterocycles. The summed E-state index contributed by atoms with van der Waals surface area (Å²) in [5.41, 5.74) is 2.77. The minimum Gasteiger partial charge on any atom is -0.491 e. The van der Waals surface area contributed by atoms with Gasteiger partial charge in [-0.1, -0.05) is 83.0 Å². The highest BCUT2D eigenvalue weighted by atomic mass is 79.9. The molecule has 1 aliphatic rings. The molecule has 0 N–H and O–H groups in total. The highest BCUT2D eigenvalue weighted by Crippen LogP contribution is 2.38. The number of halogens is 4. The first kappa shape index (κ1) is 35.7. The second-order valence-electron chi connectivity index (χ2n) is 12.4. The summed E-state index contributed by atoms with van der Waals surface area (Å²) in [6.45, 7) is 9.02. The molecule has 1 fully saturated rings.